The predicted molar refractivity (Wildman–Crippen MR) is 71.7 cm³/mol. The molecule has 0 aromatic heterocycles. The number of methoxy groups -OCH3 is 1. The molecule has 108 valence electrons. The second-order valence-corrected chi connectivity index (χ2v) is 5.03. The maximum Gasteiger partial charge on any atom is 0.421 e. The largest absolute Gasteiger partial charge is 0.452 e. The average molecular weight is 298 g/mol. The normalized spacial score (nSPS) is 10.3. The van der Waals surface area contributed by atoms with Crippen LogP contribution in [-0.4, -0.2) is 33.3 Å². The number of carbonyl (C=O) groups excluding carboxylic acids is 1. The van der Waals surface area contributed by atoms with Crippen LogP contribution >= 0.6 is 0 Å². The van der Waals surface area contributed by atoms with E-state index >= 15 is 0 Å². The SMILES string of the molecule is COC(=O)NS(=O)(=O)NCc1ccccc1C#CCO. The summed E-state index contributed by atoms with van der Waals surface area (Å²) in [6.45, 7) is -0.341. The Kier molecular flexibility index (Phi) is 5.99. The third-order valence-electron chi connectivity index (χ3n) is 2.18. The van der Waals surface area contributed by atoms with Gasteiger partial charge in [-0.15, -0.1) is 0 Å². The first-order valence-corrected chi connectivity index (χ1v) is 7.00. The van der Waals surface area contributed by atoms with Gasteiger partial charge in [-0.05, 0) is 11.6 Å². The molecule has 0 fully saturated rings. The predicted octanol–water partition coefficient (Wildman–Crippen LogP) is -0.279. The number of aliphatic hydroxyl groups is 1. The van der Waals surface area contributed by atoms with Crippen molar-refractivity contribution in [3.63, 3.8) is 0 Å². The number of carbonyl (C=O) groups is 1. The van der Waals surface area contributed by atoms with Gasteiger partial charge in [0.05, 0.1) is 7.11 Å². The van der Waals surface area contributed by atoms with Crippen LogP contribution in [0.25, 0.3) is 0 Å². The highest BCUT2D eigenvalue weighted by molar-refractivity contribution is 7.88. The third kappa shape index (κ3) is 5.27. The monoisotopic (exact) mass is 298 g/mol. The van der Waals surface area contributed by atoms with Crippen LogP contribution in [0.3, 0.4) is 0 Å². The van der Waals surface area contributed by atoms with Crippen LogP contribution in [0, 0.1) is 11.8 Å². The van der Waals surface area contributed by atoms with E-state index in [1.807, 2.05) is 0 Å². The molecule has 0 spiro atoms. The Morgan fingerprint density at radius 3 is 2.75 bits per heavy atom. The highest BCUT2D eigenvalue weighted by Crippen LogP contribution is 2.07. The average Bonchev–Trinajstić information content (AvgIpc) is 2.43. The van der Waals surface area contributed by atoms with Crippen LogP contribution in [0.1, 0.15) is 11.1 Å². The molecule has 0 aliphatic rings. The molecule has 0 bridgehead atoms. The van der Waals surface area contributed by atoms with Crippen LogP contribution in [0.4, 0.5) is 4.79 Å². The molecule has 0 saturated carbocycles. The maximum absolute atomic E-state index is 11.5. The van der Waals surface area contributed by atoms with Crippen molar-refractivity contribution in [3.05, 3.63) is 35.4 Å². The Hall–Kier alpha value is -2.08. The van der Waals surface area contributed by atoms with Gasteiger partial charge in [0.25, 0.3) is 0 Å². The summed E-state index contributed by atoms with van der Waals surface area (Å²) in [7, 11) is -2.94. The van der Waals surface area contributed by atoms with Crippen LogP contribution in [0.15, 0.2) is 24.3 Å². The molecule has 0 atom stereocenters. The number of benzene rings is 1. The number of nitrogens with one attached hydrogen (secondary N) is 2. The smallest absolute Gasteiger partial charge is 0.421 e. The number of rotatable bonds is 4. The molecule has 0 saturated heterocycles. The lowest BCUT2D eigenvalue weighted by atomic mass is 10.1. The Labute approximate surface area is 117 Å². The maximum atomic E-state index is 11.5. The highest BCUT2D eigenvalue weighted by Gasteiger charge is 2.14. The first kappa shape index (κ1) is 16.0. The fraction of sp³-hybridized carbons (Fsp3) is 0.250. The van der Waals surface area contributed by atoms with E-state index in [1.54, 1.807) is 29.0 Å². The lowest BCUT2D eigenvalue weighted by Gasteiger charge is -2.08. The standard InChI is InChI=1S/C12H14N2O5S/c1-19-12(16)14-20(17,18)13-9-11-6-3-2-5-10(11)7-4-8-15/h2-3,5-6,13,15H,8-9H2,1H3,(H,14,16). The van der Waals surface area contributed by atoms with Crippen molar-refractivity contribution in [1.82, 2.24) is 9.44 Å². The van der Waals surface area contributed by atoms with E-state index in [2.05, 4.69) is 21.3 Å². The molecule has 0 radical (unpaired) electrons. The molecule has 0 heterocycles. The molecular formula is C12H14N2O5S. The van der Waals surface area contributed by atoms with Gasteiger partial charge in [-0.3, -0.25) is 0 Å². The summed E-state index contributed by atoms with van der Waals surface area (Å²) in [5.41, 5.74) is 1.20. The first-order chi connectivity index (χ1) is 9.48. The molecule has 7 nitrogen and oxygen atoms in total. The number of aliphatic hydroxyl groups excluding tert-OH is 1. The van der Waals surface area contributed by atoms with Gasteiger partial charge in [0.15, 0.2) is 0 Å². The summed E-state index contributed by atoms with van der Waals surface area (Å²) in [5, 5.41) is 8.66. The van der Waals surface area contributed by atoms with E-state index in [4.69, 9.17) is 5.11 Å². The van der Waals surface area contributed by atoms with Gasteiger partial charge in [-0.2, -0.15) is 13.1 Å². The van der Waals surface area contributed by atoms with Crippen LogP contribution in [0.2, 0.25) is 0 Å². The molecule has 1 amide bonds. The van der Waals surface area contributed by atoms with Crippen LogP contribution in [0.5, 0.6) is 0 Å². The van der Waals surface area contributed by atoms with Gasteiger partial charge in [0.1, 0.15) is 6.61 Å². The fourth-order valence-corrected chi connectivity index (χ4v) is 2.01. The van der Waals surface area contributed by atoms with Crippen molar-refractivity contribution in [1.29, 1.82) is 0 Å². The first-order valence-electron chi connectivity index (χ1n) is 5.51. The Bertz CT molecular complexity index is 631. The minimum Gasteiger partial charge on any atom is -0.452 e. The third-order valence-corrected chi connectivity index (χ3v) is 3.13. The van der Waals surface area contributed by atoms with Crippen LogP contribution < -0.4 is 9.44 Å². The van der Waals surface area contributed by atoms with Crippen molar-refractivity contribution >= 4 is 16.3 Å². The number of hydrogen-bond acceptors (Lipinski definition) is 5. The molecular weight excluding hydrogens is 284 g/mol. The zero-order chi connectivity index (χ0) is 15.0. The molecule has 20 heavy (non-hydrogen) atoms. The minimum atomic E-state index is -4.00. The lowest BCUT2D eigenvalue weighted by Crippen LogP contribution is -2.39. The van der Waals surface area contributed by atoms with Gasteiger partial charge in [0.2, 0.25) is 0 Å². The molecule has 0 aliphatic heterocycles. The van der Waals surface area contributed by atoms with Gasteiger partial charge < -0.3 is 9.84 Å². The Morgan fingerprint density at radius 1 is 1.40 bits per heavy atom. The molecule has 0 aliphatic carbocycles. The number of hydrogen-bond donors (Lipinski definition) is 3. The minimum absolute atomic E-state index is 0.0530. The second kappa shape index (κ2) is 7.49. The molecule has 0 unspecified atom stereocenters. The molecule has 1 aromatic carbocycles. The van der Waals surface area contributed by atoms with E-state index in [0.29, 0.717) is 11.1 Å². The van der Waals surface area contributed by atoms with Gasteiger partial charge in [-0.1, -0.05) is 30.0 Å². The Morgan fingerprint density at radius 2 is 2.10 bits per heavy atom. The van der Waals surface area contributed by atoms with Gasteiger partial charge in [-0.25, -0.2) is 9.52 Å². The summed E-state index contributed by atoms with van der Waals surface area (Å²) >= 11 is 0. The zero-order valence-corrected chi connectivity index (χ0v) is 11.5. The zero-order valence-electron chi connectivity index (χ0n) is 10.7. The van der Waals surface area contributed by atoms with E-state index < -0.39 is 16.3 Å². The quantitative estimate of drug-likeness (QED) is 0.663. The van der Waals surface area contributed by atoms with Crippen molar-refractivity contribution < 1.29 is 23.1 Å². The molecule has 3 N–H and O–H groups in total. The molecule has 1 rings (SSSR count). The summed E-state index contributed by atoms with van der Waals surface area (Å²) in [6.07, 6.45) is -1.08. The van der Waals surface area contributed by atoms with E-state index in [1.165, 1.54) is 0 Å². The van der Waals surface area contributed by atoms with Crippen molar-refractivity contribution in [3.8, 4) is 11.8 Å². The van der Waals surface area contributed by atoms with E-state index in [0.717, 1.165) is 7.11 Å². The molecule has 8 heteroatoms. The topological polar surface area (TPSA) is 105 Å². The van der Waals surface area contributed by atoms with Crippen molar-refractivity contribution in [2.45, 2.75) is 6.54 Å². The van der Waals surface area contributed by atoms with Crippen LogP contribution in [-0.2, 0) is 21.5 Å². The molecule has 1 aromatic rings. The fourth-order valence-electron chi connectivity index (χ4n) is 1.29. The Balaban J connectivity index is 2.77. The summed E-state index contributed by atoms with van der Waals surface area (Å²) in [5.74, 6) is 5.19. The summed E-state index contributed by atoms with van der Waals surface area (Å²) in [6, 6.07) is 6.84. The lowest BCUT2D eigenvalue weighted by molar-refractivity contribution is 0.177. The summed E-state index contributed by atoms with van der Waals surface area (Å²) in [4.78, 5) is 10.8. The number of amides is 1. The van der Waals surface area contributed by atoms with Crippen molar-refractivity contribution in [2.75, 3.05) is 13.7 Å². The highest BCUT2D eigenvalue weighted by atomic mass is 32.2. The van der Waals surface area contributed by atoms with Gasteiger partial charge in [0, 0.05) is 12.1 Å². The second-order valence-electron chi connectivity index (χ2n) is 3.54. The van der Waals surface area contributed by atoms with Gasteiger partial charge >= 0.3 is 16.3 Å². The van der Waals surface area contributed by atoms with Crippen molar-refractivity contribution in [2.24, 2.45) is 0 Å². The van der Waals surface area contributed by atoms with E-state index in [-0.39, 0.29) is 13.2 Å². The van der Waals surface area contributed by atoms with E-state index in [9.17, 15) is 13.2 Å². The summed E-state index contributed by atoms with van der Waals surface area (Å²) < 4.78 is 31.0. The number of ether oxygens (including phenoxy) is 1.